The van der Waals surface area contributed by atoms with E-state index in [1.807, 2.05) is 86.1 Å². The van der Waals surface area contributed by atoms with Crippen molar-refractivity contribution in [1.82, 2.24) is 29.9 Å². The van der Waals surface area contributed by atoms with Gasteiger partial charge in [-0.2, -0.15) is 10.2 Å². The van der Waals surface area contributed by atoms with Crippen molar-refractivity contribution in [3.05, 3.63) is 78.1 Å². The first-order valence-electron chi connectivity index (χ1n) is 10.7. The number of hydrogen-bond acceptors (Lipinski definition) is 5. The van der Waals surface area contributed by atoms with Crippen LogP contribution in [0.1, 0.15) is 35.9 Å². The van der Waals surface area contributed by atoms with Gasteiger partial charge < -0.3 is 5.32 Å². The number of H-pyrrole nitrogens is 1. The predicted octanol–water partition coefficient (Wildman–Crippen LogP) is 5.03. The molecule has 0 unspecified atom stereocenters. The number of aromatic nitrogens is 6. The topological polar surface area (TPSA) is 101 Å². The van der Waals surface area contributed by atoms with Crippen LogP contribution in [0.5, 0.6) is 0 Å². The highest BCUT2D eigenvalue weighted by molar-refractivity contribution is 6.08. The molecule has 8 heteroatoms. The van der Waals surface area contributed by atoms with Crippen LogP contribution < -0.4 is 5.32 Å². The number of nitrogens with one attached hydrogen (secondary N) is 2. The number of fused-ring (bicyclic) bond motifs is 1. The maximum Gasteiger partial charge on any atom is 0.257 e. The van der Waals surface area contributed by atoms with Gasteiger partial charge in [0.25, 0.3) is 5.91 Å². The maximum absolute atomic E-state index is 13.2. The van der Waals surface area contributed by atoms with Gasteiger partial charge in [0.1, 0.15) is 0 Å². The highest BCUT2D eigenvalue weighted by atomic mass is 16.1. The molecule has 0 saturated heterocycles. The summed E-state index contributed by atoms with van der Waals surface area (Å²) in [7, 11) is 0. The molecule has 0 aliphatic carbocycles. The Kier molecular flexibility index (Phi) is 5.18. The van der Waals surface area contributed by atoms with E-state index in [2.05, 4.69) is 30.6 Å². The first-order valence-corrected chi connectivity index (χ1v) is 10.7. The molecule has 0 atom stereocenters. The second-order valence-electron chi connectivity index (χ2n) is 8.09. The Morgan fingerprint density at radius 1 is 1.03 bits per heavy atom. The summed E-state index contributed by atoms with van der Waals surface area (Å²) in [6.07, 6.45) is 1.74. The maximum atomic E-state index is 13.2. The van der Waals surface area contributed by atoms with Gasteiger partial charge in [-0.3, -0.25) is 9.89 Å². The lowest BCUT2D eigenvalue weighted by atomic mass is 10.1. The lowest BCUT2D eigenvalue weighted by molar-refractivity contribution is 0.102. The van der Waals surface area contributed by atoms with Crippen LogP contribution in [0.15, 0.2) is 66.9 Å². The number of benzene rings is 2. The van der Waals surface area contributed by atoms with E-state index in [0.29, 0.717) is 28.6 Å². The first kappa shape index (κ1) is 20.6. The number of carbonyl (C=O) groups is 1. The van der Waals surface area contributed by atoms with Gasteiger partial charge in [0.2, 0.25) is 0 Å². The molecule has 5 aromatic rings. The Morgan fingerprint density at radius 3 is 2.58 bits per heavy atom. The Hall–Kier alpha value is -4.33. The normalized spacial score (nSPS) is 11.3. The van der Waals surface area contributed by atoms with Crippen LogP contribution >= 0.6 is 0 Å². The zero-order valence-electron chi connectivity index (χ0n) is 18.6. The number of aryl methyl sites for hydroxylation is 1. The van der Waals surface area contributed by atoms with E-state index in [0.717, 1.165) is 22.2 Å². The molecular formula is C25H23N7O. The molecule has 33 heavy (non-hydrogen) atoms. The minimum Gasteiger partial charge on any atom is -0.321 e. The van der Waals surface area contributed by atoms with Crippen molar-refractivity contribution in [3.8, 4) is 22.8 Å². The van der Waals surface area contributed by atoms with Crippen molar-refractivity contribution in [2.75, 3.05) is 5.32 Å². The molecule has 164 valence electrons. The molecule has 0 spiro atoms. The summed E-state index contributed by atoms with van der Waals surface area (Å²) in [5.74, 6) is 0.932. The van der Waals surface area contributed by atoms with Gasteiger partial charge in [0.05, 0.1) is 23.1 Å². The molecule has 3 heterocycles. The van der Waals surface area contributed by atoms with Crippen molar-refractivity contribution in [2.24, 2.45) is 0 Å². The number of hydrogen-bond donors (Lipinski definition) is 2. The number of anilines is 1. The average Bonchev–Trinajstić information content (AvgIpc) is 3.47. The molecule has 2 N–H and O–H groups in total. The highest BCUT2D eigenvalue weighted by Gasteiger charge is 2.18. The van der Waals surface area contributed by atoms with Gasteiger partial charge in [-0.25, -0.2) is 14.6 Å². The van der Waals surface area contributed by atoms with Crippen LogP contribution in [0.25, 0.3) is 33.8 Å². The smallest absolute Gasteiger partial charge is 0.257 e. The standard InChI is InChI=1S/C25H23N7O/c1-15(2)32-24-18(14-26-32)13-20(16(3)27-24)25(33)28-21-12-8-7-11-19(21)23-29-22(30-31-23)17-9-5-4-6-10-17/h4-15H,1-3H3,(H,28,33)(H,29,30,31). The number of para-hydroxylation sites is 1. The van der Waals surface area contributed by atoms with Gasteiger partial charge >= 0.3 is 0 Å². The number of nitrogens with zero attached hydrogens (tertiary/aromatic N) is 5. The van der Waals surface area contributed by atoms with E-state index >= 15 is 0 Å². The fourth-order valence-electron chi connectivity index (χ4n) is 3.76. The third kappa shape index (κ3) is 3.87. The second-order valence-corrected chi connectivity index (χ2v) is 8.09. The average molecular weight is 438 g/mol. The van der Waals surface area contributed by atoms with Gasteiger partial charge in [-0.1, -0.05) is 42.5 Å². The number of carbonyl (C=O) groups excluding carboxylic acids is 1. The number of pyridine rings is 1. The van der Waals surface area contributed by atoms with Crippen molar-refractivity contribution in [1.29, 1.82) is 0 Å². The molecule has 3 aromatic heterocycles. The zero-order valence-corrected chi connectivity index (χ0v) is 18.6. The highest BCUT2D eigenvalue weighted by Crippen LogP contribution is 2.28. The Balaban J connectivity index is 1.46. The number of amides is 1. The fraction of sp³-hybridized carbons (Fsp3) is 0.160. The number of aromatic amines is 1. The minimum atomic E-state index is -0.241. The van der Waals surface area contributed by atoms with Crippen LogP contribution in [0.4, 0.5) is 5.69 Å². The van der Waals surface area contributed by atoms with Gasteiger partial charge in [0.15, 0.2) is 17.3 Å². The summed E-state index contributed by atoms with van der Waals surface area (Å²) in [6, 6.07) is 19.3. The van der Waals surface area contributed by atoms with Crippen molar-refractivity contribution < 1.29 is 4.79 Å². The lowest BCUT2D eigenvalue weighted by Crippen LogP contribution is -2.15. The summed E-state index contributed by atoms with van der Waals surface area (Å²) in [5.41, 5.74) is 4.22. The molecule has 0 fully saturated rings. The van der Waals surface area contributed by atoms with E-state index in [1.165, 1.54) is 0 Å². The summed E-state index contributed by atoms with van der Waals surface area (Å²) >= 11 is 0. The van der Waals surface area contributed by atoms with E-state index in [-0.39, 0.29) is 11.9 Å². The molecule has 2 aromatic carbocycles. The molecule has 0 saturated carbocycles. The molecule has 0 aliphatic heterocycles. The van der Waals surface area contributed by atoms with Crippen LogP contribution in [-0.4, -0.2) is 35.9 Å². The summed E-state index contributed by atoms with van der Waals surface area (Å²) in [5, 5.41) is 15.6. The largest absolute Gasteiger partial charge is 0.321 e. The zero-order chi connectivity index (χ0) is 22.9. The predicted molar refractivity (Wildman–Crippen MR) is 128 cm³/mol. The van der Waals surface area contributed by atoms with Crippen LogP contribution in [0.3, 0.4) is 0 Å². The number of rotatable bonds is 5. The van der Waals surface area contributed by atoms with Crippen LogP contribution in [0.2, 0.25) is 0 Å². The van der Waals surface area contributed by atoms with Crippen molar-refractivity contribution in [3.63, 3.8) is 0 Å². The summed E-state index contributed by atoms with van der Waals surface area (Å²) in [4.78, 5) is 22.5. The molecular weight excluding hydrogens is 414 g/mol. The second kappa shape index (κ2) is 8.31. The quantitative estimate of drug-likeness (QED) is 0.402. The van der Waals surface area contributed by atoms with Gasteiger partial charge in [0, 0.05) is 22.6 Å². The molecule has 0 radical (unpaired) electrons. The Bertz CT molecular complexity index is 1450. The molecule has 8 nitrogen and oxygen atoms in total. The van der Waals surface area contributed by atoms with E-state index < -0.39 is 0 Å². The third-order valence-electron chi connectivity index (χ3n) is 5.44. The van der Waals surface area contributed by atoms with Crippen molar-refractivity contribution in [2.45, 2.75) is 26.8 Å². The van der Waals surface area contributed by atoms with Crippen LogP contribution in [-0.2, 0) is 0 Å². The SMILES string of the molecule is Cc1nc2c(cnn2C(C)C)cc1C(=O)Nc1ccccc1-c1nc(-c2ccccc2)n[nH]1. The molecule has 1 amide bonds. The molecule has 0 bridgehead atoms. The van der Waals surface area contributed by atoms with Gasteiger partial charge in [-0.05, 0) is 39.0 Å². The third-order valence-corrected chi connectivity index (χ3v) is 5.44. The molecule has 0 aliphatic rings. The van der Waals surface area contributed by atoms with Gasteiger partial charge in [-0.15, -0.1) is 0 Å². The summed E-state index contributed by atoms with van der Waals surface area (Å²) in [6.45, 7) is 5.93. The van der Waals surface area contributed by atoms with Crippen LogP contribution in [0, 0.1) is 6.92 Å². The monoisotopic (exact) mass is 437 g/mol. The Labute approximate surface area is 190 Å². The van der Waals surface area contributed by atoms with E-state index in [9.17, 15) is 4.79 Å². The van der Waals surface area contributed by atoms with Crippen molar-refractivity contribution >= 4 is 22.6 Å². The van der Waals surface area contributed by atoms with E-state index in [1.54, 1.807) is 6.20 Å². The lowest BCUT2D eigenvalue weighted by Gasteiger charge is -2.11. The first-order chi connectivity index (χ1) is 16.0. The fourth-order valence-corrected chi connectivity index (χ4v) is 3.76. The Morgan fingerprint density at radius 2 is 1.79 bits per heavy atom. The molecule has 5 rings (SSSR count). The summed E-state index contributed by atoms with van der Waals surface area (Å²) < 4.78 is 1.85. The minimum absolute atomic E-state index is 0.184. The van der Waals surface area contributed by atoms with E-state index in [4.69, 9.17) is 0 Å².